The average Bonchev–Trinajstić information content (AvgIpc) is 3.22. The molecule has 1 atom stereocenters. The van der Waals surface area contributed by atoms with Gasteiger partial charge in [0.05, 0.1) is 6.61 Å². The van der Waals surface area contributed by atoms with Crippen LogP contribution in [0.5, 0.6) is 0 Å². The van der Waals surface area contributed by atoms with Gasteiger partial charge >= 0.3 is 0 Å². The molecule has 0 aliphatic carbocycles. The second kappa shape index (κ2) is 10.2. The van der Waals surface area contributed by atoms with E-state index in [9.17, 15) is 0 Å². The predicted molar refractivity (Wildman–Crippen MR) is 120 cm³/mol. The second-order valence-corrected chi connectivity index (χ2v) is 6.85. The number of benzene rings is 1. The molecule has 1 saturated heterocycles. The number of aliphatic imine (C=N–C) groups is 1. The lowest BCUT2D eigenvalue weighted by Gasteiger charge is -2.21. The Morgan fingerprint density at radius 2 is 2.27 bits per heavy atom. The summed E-state index contributed by atoms with van der Waals surface area (Å²) in [4.78, 5) is 10.6. The quantitative estimate of drug-likeness (QED) is 0.386. The molecule has 0 saturated carbocycles. The van der Waals surface area contributed by atoms with Crippen molar-refractivity contribution in [3.8, 4) is 0 Å². The summed E-state index contributed by atoms with van der Waals surface area (Å²) < 4.78 is 5.31. The number of nitrogens with one attached hydrogen (secondary N) is 2. The molecule has 1 aromatic carbocycles. The first-order valence-electron chi connectivity index (χ1n) is 9.30. The Morgan fingerprint density at radius 3 is 3.04 bits per heavy atom. The molecule has 0 spiro atoms. The van der Waals surface area contributed by atoms with Gasteiger partial charge in [-0.1, -0.05) is 12.1 Å². The van der Waals surface area contributed by atoms with Crippen molar-refractivity contribution in [1.29, 1.82) is 0 Å². The highest BCUT2D eigenvalue weighted by atomic mass is 127. The zero-order valence-electron chi connectivity index (χ0n) is 16.0. The van der Waals surface area contributed by atoms with E-state index < -0.39 is 0 Å². The molecule has 1 unspecified atom stereocenters. The lowest BCUT2D eigenvalue weighted by molar-refractivity contribution is 0.157. The van der Waals surface area contributed by atoms with Gasteiger partial charge < -0.3 is 19.9 Å². The van der Waals surface area contributed by atoms with Crippen LogP contribution in [0, 0.1) is 12.8 Å². The van der Waals surface area contributed by atoms with Crippen LogP contribution in [0.4, 0.5) is 0 Å². The van der Waals surface area contributed by atoms with Crippen molar-refractivity contribution < 1.29 is 4.74 Å². The number of halogens is 1. The van der Waals surface area contributed by atoms with Crippen LogP contribution >= 0.6 is 24.0 Å². The standard InChI is InChI=1S/C20H30N4O.HI/c1-4-21-20(24-11-9-16(13-24)14-25-3)22-10-8-17-12-23-18-7-5-6-15(2)19(17)18;/h5-7,12,16,23H,4,8-11,13-14H2,1-3H3,(H,21,22);1H. The van der Waals surface area contributed by atoms with Crippen molar-refractivity contribution in [2.24, 2.45) is 10.9 Å². The van der Waals surface area contributed by atoms with Crippen LogP contribution in [-0.2, 0) is 11.2 Å². The van der Waals surface area contributed by atoms with Gasteiger partial charge in [0.2, 0.25) is 0 Å². The molecule has 0 radical (unpaired) electrons. The summed E-state index contributed by atoms with van der Waals surface area (Å²) in [5.41, 5.74) is 3.89. The molecule has 0 amide bonds. The zero-order chi connectivity index (χ0) is 17.6. The summed E-state index contributed by atoms with van der Waals surface area (Å²) in [6.45, 7) is 8.93. The largest absolute Gasteiger partial charge is 0.384 e. The molecule has 6 heteroatoms. The topological polar surface area (TPSA) is 52.7 Å². The van der Waals surface area contributed by atoms with Gasteiger partial charge in [0.25, 0.3) is 0 Å². The number of likely N-dealkylation sites (tertiary alicyclic amines) is 1. The molecule has 0 bridgehead atoms. The van der Waals surface area contributed by atoms with E-state index in [1.807, 2.05) is 0 Å². The first-order chi connectivity index (χ1) is 12.2. The number of hydrogen-bond acceptors (Lipinski definition) is 2. The van der Waals surface area contributed by atoms with Gasteiger partial charge in [-0.15, -0.1) is 24.0 Å². The summed E-state index contributed by atoms with van der Waals surface area (Å²) in [6.07, 6.45) is 4.26. The van der Waals surface area contributed by atoms with Crippen LogP contribution in [0.15, 0.2) is 29.4 Å². The van der Waals surface area contributed by atoms with Gasteiger partial charge in [-0.2, -0.15) is 0 Å². The van der Waals surface area contributed by atoms with Crippen molar-refractivity contribution in [2.75, 3.05) is 39.9 Å². The highest BCUT2D eigenvalue weighted by molar-refractivity contribution is 14.0. The Morgan fingerprint density at radius 1 is 1.42 bits per heavy atom. The number of aromatic nitrogens is 1. The molecule has 1 aromatic heterocycles. The van der Waals surface area contributed by atoms with Gasteiger partial charge in [0.15, 0.2) is 5.96 Å². The van der Waals surface area contributed by atoms with Gasteiger partial charge in [-0.05, 0) is 43.9 Å². The van der Waals surface area contributed by atoms with Crippen LogP contribution in [0.3, 0.4) is 0 Å². The molecule has 1 aliphatic heterocycles. The molecule has 2 N–H and O–H groups in total. The van der Waals surface area contributed by atoms with Crippen molar-refractivity contribution in [2.45, 2.75) is 26.7 Å². The van der Waals surface area contributed by atoms with E-state index >= 15 is 0 Å². The highest BCUT2D eigenvalue weighted by Crippen LogP contribution is 2.22. The maximum absolute atomic E-state index is 5.31. The molecule has 144 valence electrons. The summed E-state index contributed by atoms with van der Waals surface area (Å²) in [7, 11) is 1.78. The lowest BCUT2D eigenvalue weighted by Crippen LogP contribution is -2.40. The minimum Gasteiger partial charge on any atom is -0.384 e. The summed E-state index contributed by atoms with van der Waals surface area (Å²) in [5.74, 6) is 1.66. The Bertz CT molecular complexity index is 728. The number of nitrogens with zero attached hydrogens (tertiary/aromatic N) is 2. The van der Waals surface area contributed by atoms with E-state index in [1.54, 1.807) is 7.11 Å². The number of H-pyrrole nitrogens is 1. The van der Waals surface area contributed by atoms with Crippen LogP contribution in [0.2, 0.25) is 0 Å². The number of hydrogen-bond donors (Lipinski definition) is 2. The van der Waals surface area contributed by atoms with Gasteiger partial charge in [0, 0.05) is 56.3 Å². The summed E-state index contributed by atoms with van der Waals surface area (Å²) in [5, 5.41) is 4.79. The Kier molecular flexibility index (Phi) is 8.21. The number of methoxy groups -OCH3 is 1. The lowest BCUT2D eigenvalue weighted by atomic mass is 10.1. The van der Waals surface area contributed by atoms with Crippen molar-refractivity contribution in [3.05, 3.63) is 35.5 Å². The van der Waals surface area contributed by atoms with Crippen LogP contribution in [0.25, 0.3) is 10.9 Å². The third kappa shape index (κ3) is 4.91. The third-order valence-electron chi connectivity index (χ3n) is 4.96. The van der Waals surface area contributed by atoms with Crippen molar-refractivity contribution >= 4 is 40.8 Å². The minimum atomic E-state index is 0. The smallest absolute Gasteiger partial charge is 0.193 e. The molecule has 1 fully saturated rings. The Labute approximate surface area is 173 Å². The van der Waals surface area contributed by atoms with Crippen molar-refractivity contribution in [3.63, 3.8) is 0 Å². The summed E-state index contributed by atoms with van der Waals surface area (Å²) >= 11 is 0. The number of aryl methyl sites for hydroxylation is 1. The maximum Gasteiger partial charge on any atom is 0.193 e. The molecule has 26 heavy (non-hydrogen) atoms. The van der Waals surface area contributed by atoms with Gasteiger partial charge in [-0.25, -0.2) is 0 Å². The molecule has 2 aromatic rings. The van der Waals surface area contributed by atoms with E-state index in [-0.39, 0.29) is 24.0 Å². The summed E-state index contributed by atoms with van der Waals surface area (Å²) in [6, 6.07) is 6.41. The maximum atomic E-state index is 5.31. The average molecular weight is 470 g/mol. The first-order valence-corrected chi connectivity index (χ1v) is 9.30. The fraction of sp³-hybridized carbons (Fsp3) is 0.550. The van der Waals surface area contributed by atoms with Gasteiger partial charge in [-0.3, -0.25) is 4.99 Å². The molecule has 5 nitrogen and oxygen atoms in total. The second-order valence-electron chi connectivity index (χ2n) is 6.85. The predicted octanol–water partition coefficient (Wildman–Crippen LogP) is 3.57. The van der Waals surface area contributed by atoms with E-state index in [1.165, 1.54) is 28.5 Å². The van der Waals surface area contributed by atoms with E-state index in [0.29, 0.717) is 5.92 Å². The molecule has 2 heterocycles. The van der Waals surface area contributed by atoms with E-state index in [4.69, 9.17) is 9.73 Å². The number of aromatic amines is 1. The fourth-order valence-electron chi connectivity index (χ4n) is 3.75. The van der Waals surface area contributed by atoms with Crippen LogP contribution in [0.1, 0.15) is 24.5 Å². The number of ether oxygens (including phenoxy) is 1. The van der Waals surface area contributed by atoms with Crippen LogP contribution in [-0.4, -0.2) is 55.7 Å². The Balaban J connectivity index is 0.00000243. The number of fused-ring (bicyclic) bond motifs is 1. The third-order valence-corrected chi connectivity index (χ3v) is 4.96. The van der Waals surface area contributed by atoms with E-state index in [0.717, 1.165) is 45.2 Å². The SMILES string of the molecule is CCNC(=NCCc1c[nH]c2cccc(C)c12)N1CCC(COC)C1.I. The van der Waals surface area contributed by atoms with Gasteiger partial charge in [0.1, 0.15) is 0 Å². The molecule has 1 aliphatic rings. The highest BCUT2D eigenvalue weighted by Gasteiger charge is 2.24. The normalized spacial score (nSPS) is 17.6. The number of guanidine groups is 1. The van der Waals surface area contributed by atoms with Crippen molar-refractivity contribution in [1.82, 2.24) is 15.2 Å². The number of rotatable bonds is 6. The van der Waals surface area contributed by atoms with E-state index in [2.05, 4.69) is 53.4 Å². The zero-order valence-corrected chi connectivity index (χ0v) is 18.4. The molecule has 3 rings (SSSR count). The van der Waals surface area contributed by atoms with Crippen LogP contribution < -0.4 is 5.32 Å². The molecular formula is C20H31IN4O. The molecular weight excluding hydrogens is 439 g/mol. The minimum absolute atomic E-state index is 0. The first kappa shape index (κ1) is 21.0. The fourth-order valence-corrected chi connectivity index (χ4v) is 3.75. The monoisotopic (exact) mass is 470 g/mol. The Hall–Kier alpha value is -1.28.